The SMILES string of the molecule is COc1ccc2c(c1)-c1[nH]nc(NC(C)(C)C)c1CC2. The van der Waals surface area contributed by atoms with Crippen molar-refractivity contribution >= 4 is 5.82 Å². The van der Waals surface area contributed by atoms with Crippen LogP contribution in [0.1, 0.15) is 31.9 Å². The minimum Gasteiger partial charge on any atom is -0.497 e. The van der Waals surface area contributed by atoms with Crippen molar-refractivity contribution in [1.82, 2.24) is 10.2 Å². The van der Waals surface area contributed by atoms with Crippen LogP contribution >= 0.6 is 0 Å². The van der Waals surface area contributed by atoms with Crippen LogP contribution in [0.4, 0.5) is 5.82 Å². The van der Waals surface area contributed by atoms with E-state index in [1.807, 2.05) is 6.07 Å². The van der Waals surface area contributed by atoms with Crippen LogP contribution in [0, 0.1) is 0 Å². The van der Waals surface area contributed by atoms with Gasteiger partial charge in [0.1, 0.15) is 5.75 Å². The number of rotatable bonds is 2. The number of benzene rings is 1. The Hall–Kier alpha value is -1.97. The van der Waals surface area contributed by atoms with Crippen molar-refractivity contribution in [3.8, 4) is 17.0 Å². The quantitative estimate of drug-likeness (QED) is 0.880. The van der Waals surface area contributed by atoms with Gasteiger partial charge in [0.25, 0.3) is 0 Å². The Morgan fingerprint density at radius 3 is 2.75 bits per heavy atom. The molecule has 1 aliphatic carbocycles. The van der Waals surface area contributed by atoms with E-state index in [0.29, 0.717) is 0 Å². The fraction of sp³-hybridized carbons (Fsp3) is 0.438. The molecule has 4 nitrogen and oxygen atoms in total. The lowest BCUT2D eigenvalue weighted by Gasteiger charge is -2.23. The largest absolute Gasteiger partial charge is 0.497 e. The molecule has 2 aromatic rings. The number of H-pyrrole nitrogens is 1. The van der Waals surface area contributed by atoms with Crippen LogP contribution in [0.25, 0.3) is 11.3 Å². The topological polar surface area (TPSA) is 49.9 Å². The second kappa shape index (κ2) is 4.54. The molecule has 0 fully saturated rings. The Morgan fingerprint density at radius 1 is 1.25 bits per heavy atom. The summed E-state index contributed by atoms with van der Waals surface area (Å²) in [5.74, 6) is 1.86. The minimum atomic E-state index is 0.0115. The average Bonchev–Trinajstić information content (AvgIpc) is 2.79. The average molecular weight is 271 g/mol. The maximum Gasteiger partial charge on any atom is 0.152 e. The third-order valence-corrected chi connectivity index (χ3v) is 3.59. The summed E-state index contributed by atoms with van der Waals surface area (Å²) in [6.07, 6.45) is 2.06. The summed E-state index contributed by atoms with van der Waals surface area (Å²) in [4.78, 5) is 0. The molecule has 1 aliphatic rings. The maximum absolute atomic E-state index is 5.33. The molecule has 0 atom stereocenters. The van der Waals surface area contributed by atoms with E-state index in [4.69, 9.17) is 4.74 Å². The summed E-state index contributed by atoms with van der Waals surface area (Å²) in [7, 11) is 1.70. The van der Waals surface area contributed by atoms with Gasteiger partial charge in [-0.05, 0) is 51.3 Å². The fourth-order valence-electron chi connectivity index (χ4n) is 2.68. The van der Waals surface area contributed by atoms with E-state index in [0.717, 1.165) is 30.1 Å². The second-order valence-electron chi connectivity index (χ2n) is 6.32. The Morgan fingerprint density at radius 2 is 2.05 bits per heavy atom. The van der Waals surface area contributed by atoms with Gasteiger partial charge in [-0.3, -0.25) is 5.10 Å². The highest BCUT2D eigenvalue weighted by Gasteiger charge is 2.24. The van der Waals surface area contributed by atoms with Gasteiger partial charge in [-0.15, -0.1) is 0 Å². The first kappa shape index (κ1) is 13.0. The van der Waals surface area contributed by atoms with Crippen molar-refractivity contribution in [2.45, 2.75) is 39.2 Å². The molecule has 0 radical (unpaired) electrons. The lowest BCUT2D eigenvalue weighted by atomic mass is 9.89. The molecule has 0 bridgehead atoms. The van der Waals surface area contributed by atoms with Crippen molar-refractivity contribution in [2.24, 2.45) is 0 Å². The van der Waals surface area contributed by atoms with Crippen molar-refractivity contribution in [1.29, 1.82) is 0 Å². The number of fused-ring (bicyclic) bond motifs is 3. The van der Waals surface area contributed by atoms with Gasteiger partial charge in [-0.2, -0.15) is 5.10 Å². The van der Waals surface area contributed by atoms with Crippen LogP contribution in [0.5, 0.6) is 5.75 Å². The molecular weight excluding hydrogens is 250 g/mol. The highest BCUT2D eigenvalue weighted by atomic mass is 16.5. The minimum absolute atomic E-state index is 0.0115. The predicted octanol–water partition coefficient (Wildman–Crippen LogP) is 3.39. The van der Waals surface area contributed by atoms with Crippen molar-refractivity contribution in [2.75, 3.05) is 12.4 Å². The first-order chi connectivity index (χ1) is 9.48. The van der Waals surface area contributed by atoms with Crippen LogP contribution in [0.2, 0.25) is 0 Å². The van der Waals surface area contributed by atoms with E-state index < -0.39 is 0 Å². The van der Waals surface area contributed by atoms with Crippen LogP contribution in [-0.4, -0.2) is 22.8 Å². The van der Waals surface area contributed by atoms with Crippen molar-refractivity contribution < 1.29 is 4.74 Å². The van der Waals surface area contributed by atoms with E-state index in [2.05, 4.69) is 48.4 Å². The van der Waals surface area contributed by atoms with Crippen LogP contribution in [0.15, 0.2) is 18.2 Å². The second-order valence-corrected chi connectivity index (χ2v) is 6.32. The van der Waals surface area contributed by atoms with Gasteiger partial charge in [0, 0.05) is 16.7 Å². The molecule has 4 heteroatoms. The van der Waals surface area contributed by atoms with Crippen molar-refractivity contribution in [3.05, 3.63) is 29.3 Å². The van der Waals surface area contributed by atoms with Crippen LogP contribution < -0.4 is 10.1 Å². The predicted molar refractivity (Wildman–Crippen MR) is 81.4 cm³/mol. The van der Waals surface area contributed by atoms with Gasteiger partial charge in [0.05, 0.1) is 12.8 Å². The third kappa shape index (κ3) is 2.26. The van der Waals surface area contributed by atoms with E-state index in [-0.39, 0.29) is 5.54 Å². The molecule has 1 heterocycles. The van der Waals surface area contributed by atoms with Gasteiger partial charge in [-0.25, -0.2) is 0 Å². The molecular formula is C16H21N3O. The van der Waals surface area contributed by atoms with Gasteiger partial charge >= 0.3 is 0 Å². The smallest absolute Gasteiger partial charge is 0.152 e. The number of nitrogens with zero attached hydrogens (tertiary/aromatic N) is 1. The van der Waals surface area contributed by atoms with Crippen LogP contribution in [0.3, 0.4) is 0 Å². The Balaban J connectivity index is 2.05. The van der Waals surface area contributed by atoms with E-state index in [9.17, 15) is 0 Å². The highest BCUT2D eigenvalue weighted by molar-refractivity contribution is 5.75. The molecule has 106 valence electrons. The standard InChI is InChI=1S/C16H21N3O/c1-16(2,3)17-15-12-8-6-10-5-7-11(20-4)9-13(10)14(12)18-19-15/h5,7,9H,6,8H2,1-4H3,(H2,17,18,19). The molecule has 20 heavy (non-hydrogen) atoms. The first-order valence-electron chi connectivity index (χ1n) is 7.00. The fourth-order valence-corrected chi connectivity index (χ4v) is 2.68. The molecule has 0 unspecified atom stereocenters. The third-order valence-electron chi connectivity index (χ3n) is 3.59. The van der Waals surface area contributed by atoms with Crippen molar-refractivity contribution in [3.63, 3.8) is 0 Å². The van der Waals surface area contributed by atoms with E-state index in [1.54, 1.807) is 7.11 Å². The summed E-state index contributed by atoms with van der Waals surface area (Å²) in [6.45, 7) is 6.44. The number of nitrogens with one attached hydrogen (secondary N) is 2. The highest BCUT2D eigenvalue weighted by Crippen LogP contribution is 2.37. The number of hydrogen-bond donors (Lipinski definition) is 2. The normalized spacial score (nSPS) is 13.6. The number of anilines is 1. The number of aromatic nitrogens is 2. The first-order valence-corrected chi connectivity index (χ1v) is 7.00. The molecule has 1 aromatic heterocycles. The van der Waals surface area contributed by atoms with Gasteiger partial charge in [0.2, 0.25) is 0 Å². The Labute approximate surface area is 119 Å². The van der Waals surface area contributed by atoms with Crippen LogP contribution in [-0.2, 0) is 12.8 Å². The number of aryl methyl sites for hydroxylation is 1. The molecule has 0 aliphatic heterocycles. The Kier molecular flexibility index (Phi) is 2.96. The Bertz CT molecular complexity index is 638. The molecule has 2 N–H and O–H groups in total. The molecule has 0 saturated carbocycles. The zero-order chi connectivity index (χ0) is 14.3. The lowest BCUT2D eigenvalue weighted by Crippen LogP contribution is -2.27. The molecule has 1 aromatic carbocycles. The zero-order valence-electron chi connectivity index (χ0n) is 12.5. The summed E-state index contributed by atoms with van der Waals surface area (Å²) in [5, 5.41) is 11.1. The number of ether oxygens (including phenoxy) is 1. The number of hydrogen-bond acceptors (Lipinski definition) is 3. The van der Waals surface area contributed by atoms with Gasteiger partial charge in [0.15, 0.2) is 5.82 Å². The van der Waals surface area contributed by atoms with E-state index >= 15 is 0 Å². The monoisotopic (exact) mass is 271 g/mol. The molecule has 0 saturated heterocycles. The van der Waals surface area contributed by atoms with Gasteiger partial charge < -0.3 is 10.1 Å². The molecule has 3 rings (SSSR count). The summed E-state index contributed by atoms with van der Waals surface area (Å²) in [5.41, 5.74) is 4.97. The maximum atomic E-state index is 5.33. The zero-order valence-corrected chi connectivity index (χ0v) is 12.5. The lowest BCUT2D eigenvalue weighted by molar-refractivity contribution is 0.415. The van der Waals surface area contributed by atoms with Gasteiger partial charge in [-0.1, -0.05) is 6.07 Å². The number of aromatic amines is 1. The molecule has 0 spiro atoms. The summed E-state index contributed by atoms with van der Waals surface area (Å²) in [6, 6.07) is 6.26. The summed E-state index contributed by atoms with van der Waals surface area (Å²) < 4.78 is 5.33. The summed E-state index contributed by atoms with van der Waals surface area (Å²) >= 11 is 0. The molecule has 0 amide bonds. The van der Waals surface area contributed by atoms with E-state index in [1.165, 1.54) is 16.7 Å². The number of methoxy groups -OCH3 is 1.